The van der Waals surface area contributed by atoms with Gasteiger partial charge in [0.05, 0.1) is 11.4 Å². The lowest BCUT2D eigenvalue weighted by Crippen LogP contribution is -2.26. The third-order valence-electron chi connectivity index (χ3n) is 5.32. The Morgan fingerprint density at radius 1 is 1.19 bits per heavy atom. The number of pyridine rings is 1. The Morgan fingerprint density at radius 3 is 2.55 bits per heavy atom. The van der Waals surface area contributed by atoms with Gasteiger partial charge < -0.3 is 10.1 Å². The number of hydrogen-bond acceptors (Lipinski definition) is 3. The number of halogens is 3. The van der Waals surface area contributed by atoms with E-state index in [-0.39, 0.29) is 17.9 Å². The predicted molar refractivity (Wildman–Crippen MR) is 118 cm³/mol. The molecule has 1 unspecified atom stereocenters. The van der Waals surface area contributed by atoms with Crippen LogP contribution < -0.4 is 5.32 Å². The average molecular weight is 445 g/mol. The first-order valence-corrected chi connectivity index (χ1v) is 10.3. The number of carbonyl (C=O) groups excluding carboxylic acids is 2. The van der Waals surface area contributed by atoms with E-state index < -0.39 is 18.3 Å². The summed E-state index contributed by atoms with van der Waals surface area (Å²) in [4.78, 5) is 27.7. The number of aromatic nitrogens is 1. The number of benzene rings is 2. The number of aldehydes is 1. The van der Waals surface area contributed by atoms with Crippen molar-refractivity contribution in [1.82, 2.24) is 10.3 Å². The highest BCUT2D eigenvalue weighted by Crippen LogP contribution is 2.34. The van der Waals surface area contributed by atoms with Crippen LogP contribution >= 0.6 is 11.6 Å². The van der Waals surface area contributed by atoms with Crippen molar-refractivity contribution in [2.45, 2.75) is 38.0 Å². The monoisotopic (exact) mass is 444 g/mol. The van der Waals surface area contributed by atoms with Crippen LogP contribution in [0.1, 0.15) is 41.1 Å². The molecule has 3 aromatic rings. The number of hydrogen-bond donors (Lipinski definition) is 1. The minimum absolute atomic E-state index is 0.0971. The van der Waals surface area contributed by atoms with Gasteiger partial charge in [0, 0.05) is 41.6 Å². The fourth-order valence-corrected chi connectivity index (χ4v) is 3.80. The summed E-state index contributed by atoms with van der Waals surface area (Å²) in [6.45, 7) is 1.78. The normalized spacial score (nSPS) is 12.5. The highest BCUT2D eigenvalue weighted by atomic mass is 35.5. The zero-order valence-electron chi connectivity index (χ0n) is 17.3. The van der Waals surface area contributed by atoms with Crippen molar-refractivity contribution in [3.8, 4) is 0 Å². The fourth-order valence-electron chi connectivity index (χ4n) is 3.68. The SMILES string of the molecule is CNC(=O)C(CCC=O)c1cc2ccc(CC(F)(F)c3ccc(Cl)cc3)cc2nc1C. The third-order valence-corrected chi connectivity index (χ3v) is 5.57. The van der Waals surface area contributed by atoms with Crippen molar-refractivity contribution in [2.24, 2.45) is 0 Å². The number of nitrogens with one attached hydrogen (secondary N) is 1. The summed E-state index contributed by atoms with van der Waals surface area (Å²) in [6.07, 6.45) is 0.955. The van der Waals surface area contributed by atoms with Gasteiger partial charge in [0.25, 0.3) is 5.92 Å². The Balaban J connectivity index is 1.93. The zero-order valence-corrected chi connectivity index (χ0v) is 18.0. The van der Waals surface area contributed by atoms with Gasteiger partial charge >= 0.3 is 0 Å². The van der Waals surface area contributed by atoms with E-state index in [4.69, 9.17) is 11.6 Å². The molecule has 3 rings (SSSR count). The molecule has 1 heterocycles. The number of fused-ring (bicyclic) bond motifs is 1. The van der Waals surface area contributed by atoms with Crippen LogP contribution in [0.3, 0.4) is 0 Å². The van der Waals surface area contributed by atoms with Crippen LogP contribution in [0, 0.1) is 6.92 Å². The lowest BCUT2D eigenvalue weighted by Gasteiger charge is -2.19. The van der Waals surface area contributed by atoms with Gasteiger partial charge in [-0.2, -0.15) is 0 Å². The number of aryl methyl sites for hydroxylation is 1. The Hall–Kier alpha value is -2.86. The van der Waals surface area contributed by atoms with Crippen molar-refractivity contribution in [3.05, 3.63) is 75.9 Å². The minimum Gasteiger partial charge on any atom is -0.359 e. The number of alkyl halides is 2. The molecular formula is C24H23ClF2N2O2. The molecule has 0 fully saturated rings. The molecule has 7 heteroatoms. The molecule has 0 saturated carbocycles. The molecule has 0 radical (unpaired) electrons. The molecule has 0 spiro atoms. The van der Waals surface area contributed by atoms with Crippen molar-refractivity contribution in [1.29, 1.82) is 0 Å². The molecule has 31 heavy (non-hydrogen) atoms. The van der Waals surface area contributed by atoms with E-state index >= 15 is 0 Å². The van der Waals surface area contributed by atoms with Crippen molar-refractivity contribution < 1.29 is 18.4 Å². The lowest BCUT2D eigenvalue weighted by atomic mass is 9.91. The summed E-state index contributed by atoms with van der Waals surface area (Å²) in [7, 11) is 1.55. The molecule has 0 aliphatic heterocycles. The molecule has 1 atom stereocenters. The molecule has 1 N–H and O–H groups in total. The van der Waals surface area contributed by atoms with Crippen molar-refractivity contribution >= 4 is 34.7 Å². The van der Waals surface area contributed by atoms with Gasteiger partial charge in [-0.25, -0.2) is 8.78 Å². The first kappa shape index (κ1) is 22.8. The van der Waals surface area contributed by atoms with Gasteiger partial charge in [-0.15, -0.1) is 0 Å². The molecule has 1 amide bonds. The molecular weight excluding hydrogens is 422 g/mol. The first-order valence-electron chi connectivity index (χ1n) is 9.94. The van der Waals surface area contributed by atoms with E-state index in [1.807, 2.05) is 6.07 Å². The molecule has 0 aliphatic rings. The van der Waals surface area contributed by atoms with Crippen LogP contribution in [0.4, 0.5) is 8.78 Å². The lowest BCUT2D eigenvalue weighted by molar-refractivity contribution is -0.122. The van der Waals surface area contributed by atoms with Crippen molar-refractivity contribution in [3.63, 3.8) is 0 Å². The quantitative estimate of drug-likeness (QED) is 0.477. The van der Waals surface area contributed by atoms with E-state index in [0.29, 0.717) is 28.2 Å². The maximum atomic E-state index is 14.7. The minimum atomic E-state index is -3.05. The van der Waals surface area contributed by atoms with Crippen LogP contribution in [-0.2, 0) is 21.9 Å². The maximum Gasteiger partial charge on any atom is 0.277 e. The average Bonchev–Trinajstić information content (AvgIpc) is 2.74. The van der Waals surface area contributed by atoms with Crippen LogP contribution in [0.5, 0.6) is 0 Å². The molecule has 162 valence electrons. The largest absolute Gasteiger partial charge is 0.359 e. The molecule has 0 bridgehead atoms. The number of carbonyl (C=O) groups is 2. The number of rotatable bonds is 8. The Bertz CT molecular complexity index is 1100. The number of amides is 1. The van der Waals surface area contributed by atoms with Crippen LogP contribution in [0.2, 0.25) is 5.02 Å². The zero-order chi connectivity index (χ0) is 22.6. The Labute approximate surface area is 184 Å². The summed E-state index contributed by atoms with van der Waals surface area (Å²) in [6, 6.07) is 12.4. The first-order chi connectivity index (χ1) is 14.7. The standard InChI is InChI=1S/C24H23ClF2N2O2/c1-15-21(20(4-3-11-30)23(31)28-2)13-17-6-5-16(12-22(17)29-15)14-24(26,27)18-7-9-19(25)10-8-18/h5-13,20H,3-4,14H2,1-2H3,(H,28,31). The summed E-state index contributed by atoms with van der Waals surface area (Å²) in [5.41, 5.74) is 2.30. The molecule has 1 aromatic heterocycles. The molecule has 4 nitrogen and oxygen atoms in total. The van der Waals surface area contributed by atoms with Crippen LogP contribution in [0.15, 0.2) is 48.5 Å². The molecule has 2 aromatic carbocycles. The molecule has 0 aliphatic carbocycles. The van der Waals surface area contributed by atoms with Gasteiger partial charge in [-0.05, 0) is 48.7 Å². The molecule has 0 saturated heterocycles. The topological polar surface area (TPSA) is 59.1 Å². The van der Waals surface area contributed by atoms with Gasteiger partial charge in [-0.3, -0.25) is 9.78 Å². The Morgan fingerprint density at radius 2 is 1.90 bits per heavy atom. The van der Waals surface area contributed by atoms with E-state index in [9.17, 15) is 18.4 Å². The fraction of sp³-hybridized carbons (Fsp3) is 0.292. The number of nitrogens with zero attached hydrogens (tertiary/aromatic N) is 1. The number of likely N-dealkylation sites (N-methyl/N-ethyl adjacent to an activating group) is 1. The highest BCUT2D eigenvalue weighted by Gasteiger charge is 2.32. The van der Waals surface area contributed by atoms with Crippen molar-refractivity contribution in [2.75, 3.05) is 7.05 Å². The van der Waals surface area contributed by atoms with Crippen LogP contribution in [-0.4, -0.2) is 24.2 Å². The second-order valence-corrected chi connectivity index (χ2v) is 7.93. The van der Waals surface area contributed by atoms with E-state index in [1.54, 1.807) is 32.2 Å². The summed E-state index contributed by atoms with van der Waals surface area (Å²) < 4.78 is 29.5. The maximum absolute atomic E-state index is 14.7. The van der Waals surface area contributed by atoms with E-state index in [0.717, 1.165) is 17.2 Å². The smallest absolute Gasteiger partial charge is 0.277 e. The summed E-state index contributed by atoms with van der Waals surface area (Å²) >= 11 is 5.80. The Kier molecular flexibility index (Phi) is 7.01. The summed E-state index contributed by atoms with van der Waals surface area (Å²) in [5, 5.41) is 3.78. The third kappa shape index (κ3) is 5.25. The van der Waals surface area contributed by atoms with Gasteiger partial charge in [0.15, 0.2) is 0 Å². The van der Waals surface area contributed by atoms with Gasteiger partial charge in [-0.1, -0.05) is 35.9 Å². The van der Waals surface area contributed by atoms with Gasteiger partial charge in [0.1, 0.15) is 6.29 Å². The second-order valence-electron chi connectivity index (χ2n) is 7.49. The highest BCUT2D eigenvalue weighted by molar-refractivity contribution is 6.30. The van der Waals surface area contributed by atoms with E-state index in [2.05, 4.69) is 10.3 Å². The predicted octanol–water partition coefficient (Wildman–Crippen LogP) is 5.34. The van der Waals surface area contributed by atoms with Gasteiger partial charge in [0.2, 0.25) is 5.91 Å². The van der Waals surface area contributed by atoms with Crippen LogP contribution in [0.25, 0.3) is 10.9 Å². The second kappa shape index (κ2) is 9.52. The summed E-state index contributed by atoms with van der Waals surface area (Å²) in [5.74, 6) is -3.74. The van der Waals surface area contributed by atoms with E-state index in [1.165, 1.54) is 24.3 Å².